The van der Waals surface area contributed by atoms with E-state index in [1.807, 2.05) is 26.0 Å². The maximum Gasteiger partial charge on any atom is 0.235 e. The average Bonchev–Trinajstić information content (AvgIpc) is 2.06. The SMILES string of the molecule is CC(C)(N=C=O)c1cc[c]cc1. The predicted molar refractivity (Wildman–Crippen MR) is 46.4 cm³/mol. The molecule has 1 aromatic carbocycles. The van der Waals surface area contributed by atoms with Crippen LogP contribution >= 0.6 is 0 Å². The summed E-state index contributed by atoms with van der Waals surface area (Å²) in [4.78, 5) is 13.8. The quantitative estimate of drug-likeness (QED) is 0.481. The molecule has 0 saturated heterocycles. The van der Waals surface area contributed by atoms with Gasteiger partial charge in [-0.2, -0.15) is 4.99 Å². The van der Waals surface area contributed by atoms with Crippen molar-refractivity contribution in [3.05, 3.63) is 35.9 Å². The van der Waals surface area contributed by atoms with E-state index in [1.54, 1.807) is 18.2 Å². The van der Waals surface area contributed by atoms with Crippen LogP contribution in [-0.4, -0.2) is 6.08 Å². The van der Waals surface area contributed by atoms with Crippen LogP contribution in [0.2, 0.25) is 0 Å². The van der Waals surface area contributed by atoms with Gasteiger partial charge in [-0.1, -0.05) is 24.3 Å². The predicted octanol–water partition coefficient (Wildman–Crippen LogP) is 2.06. The molecule has 1 aromatic rings. The Balaban J connectivity index is 3.05. The van der Waals surface area contributed by atoms with E-state index in [2.05, 4.69) is 11.1 Å². The third-order valence-electron chi connectivity index (χ3n) is 1.75. The van der Waals surface area contributed by atoms with Crippen molar-refractivity contribution >= 4 is 6.08 Å². The number of rotatable bonds is 2. The first-order valence-electron chi connectivity index (χ1n) is 3.72. The average molecular weight is 160 g/mol. The third-order valence-corrected chi connectivity index (χ3v) is 1.75. The second kappa shape index (κ2) is 3.33. The monoisotopic (exact) mass is 160 g/mol. The Labute approximate surface area is 71.9 Å². The Bertz CT molecular complexity index is 297. The summed E-state index contributed by atoms with van der Waals surface area (Å²) in [5.41, 5.74) is 0.515. The summed E-state index contributed by atoms with van der Waals surface area (Å²) in [5, 5.41) is 0. The van der Waals surface area contributed by atoms with Crippen LogP contribution in [0, 0.1) is 6.07 Å². The molecule has 0 fully saturated rings. The first kappa shape index (κ1) is 8.69. The van der Waals surface area contributed by atoms with Gasteiger partial charge in [0.2, 0.25) is 6.08 Å². The van der Waals surface area contributed by atoms with Gasteiger partial charge >= 0.3 is 0 Å². The molecular weight excluding hydrogens is 150 g/mol. The van der Waals surface area contributed by atoms with Crippen molar-refractivity contribution in [2.24, 2.45) is 4.99 Å². The molecule has 1 rings (SSSR count). The van der Waals surface area contributed by atoms with Crippen LogP contribution in [0.15, 0.2) is 29.3 Å². The molecule has 0 saturated carbocycles. The molecule has 12 heavy (non-hydrogen) atoms. The minimum Gasteiger partial charge on any atom is -0.211 e. The summed E-state index contributed by atoms with van der Waals surface area (Å²) in [6.45, 7) is 3.74. The van der Waals surface area contributed by atoms with Crippen LogP contribution < -0.4 is 0 Å². The molecular formula is C10H10NO. The molecule has 0 bridgehead atoms. The fourth-order valence-corrected chi connectivity index (χ4v) is 0.973. The largest absolute Gasteiger partial charge is 0.235 e. The van der Waals surface area contributed by atoms with Crippen molar-refractivity contribution in [3.63, 3.8) is 0 Å². The molecule has 0 unspecified atom stereocenters. The number of carbonyl (C=O) groups excluding carboxylic acids is 1. The van der Waals surface area contributed by atoms with Gasteiger partial charge in [-0.15, -0.1) is 0 Å². The van der Waals surface area contributed by atoms with Crippen LogP contribution in [0.3, 0.4) is 0 Å². The third kappa shape index (κ3) is 1.80. The maximum absolute atomic E-state index is 10.1. The first-order valence-corrected chi connectivity index (χ1v) is 3.72. The number of hydrogen-bond acceptors (Lipinski definition) is 2. The summed E-state index contributed by atoms with van der Waals surface area (Å²) >= 11 is 0. The molecule has 0 aromatic heterocycles. The summed E-state index contributed by atoms with van der Waals surface area (Å²) in [7, 11) is 0. The van der Waals surface area contributed by atoms with Gasteiger partial charge in [0, 0.05) is 0 Å². The Morgan fingerprint density at radius 1 is 1.42 bits per heavy atom. The summed E-state index contributed by atoms with van der Waals surface area (Å²) in [6, 6.07) is 10.3. The van der Waals surface area contributed by atoms with Crippen LogP contribution in [0.1, 0.15) is 19.4 Å². The second-order valence-electron chi connectivity index (χ2n) is 3.05. The number of hydrogen-bond donors (Lipinski definition) is 0. The van der Waals surface area contributed by atoms with Crippen molar-refractivity contribution < 1.29 is 4.79 Å². The molecule has 0 aliphatic rings. The molecule has 2 heteroatoms. The molecule has 0 aliphatic carbocycles. The Kier molecular flexibility index (Phi) is 2.41. The van der Waals surface area contributed by atoms with E-state index in [1.165, 1.54) is 0 Å². The van der Waals surface area contributed by atoms with E-state index in [9.17, 15) is 4.79 Å². The zero-order valence-corrected chi connectivity index (χ0v) is 7.16. The molecule has 0 amide bonds. The van der Waals surface area contributed by atoms with E-state index < -0.39 is 5.54 Å². The summed E-state index contributed by atoms with van der Waals surface area (Å²) in [6.07, 6.45) is 1.57. The van der Waals surface area contributed by atoms with Crippen LogP contribution in [0.25, 0.3) is 0 Å². The topological polar surface area (TPSA) is 29.4 Å². The van der Waals surface area contributed by atoms with Crippen LogP contribution in [0.5, 0.6) is 0 Å². The van der Waals surface area contributed by atoms with Crippen molar-refractivity contribution in [2.75, 3.05) is 0 Å². The fourth-order valence-electron chi connectivity index (χ4n) is 0.973. The lowest BCUT2D eigenvalue weighted by molar-refractivity contribution is 0.523. The first-order chi connectivity index (χ1) is 5.67. The summed E-state index contributed by atoms with van der Waals surface area (Å²) < 4.78 is 0. The van der Waals surface area contributed by atoms with E-state index in [0.29, 0.717) is 0 Å². The molecule has 0 N–H and O–H groups in total. The lowest BCUT2D eigenvalue weighted by Crippen LogP contribution is -2.12. The normalized spacial score (nSPS) is 10.5. The Morgan fingerprint density at radius 3 is 2.50 bits per heavy atom. The van der Waals surface area contributed by atoms with Crippen molar-refractivity contribution in [1.82, 2.24) is 0 Å². The van der Waals surface area contributed by atoms with Gasteiger partial charge in [-0.25, -0.2) is 4.79 Å². The minimum absolute atomic E-state index is 0.475. The molecule has 0 heterocycles. The van der Waals surface area contributed by atoms with Crippen LogP contribution in [-0.2, 0) is 10.3 Å². The van der Waals surface area contributed by atoms with Gasteiger partial charge in [0.05, 0.1) is 5.54 Å². The summed E-state index contributed by atoms with van der Waals surface area (Å²) in [5.74, 6) is 0. The smallest absolute Gasteiger partial charge is 0.211 e. The highest BCUT2D eigenvalue weighted by Gasteiger charge is 2.17. The van der Waals surface area contributed by atoms with Crippen molar-refractivity contribution in [1.29, 1.82) is 0 Å². The Hall–Kier alpha value is -1.40. The standard InChI is InChI=1S/C10H10NO/c1-10(2,11-8-12)9-6-4-3-5-7-9/h4-7H,1-2H3. The van der Waals surface area contributed by atoms with E-state index in [4.69, 9.17) is 0 Å². The molecule has 1 radical (unpaired) electrons. The molecule has 0 spiro atoms. The lowest BCUT2D eigenvalue weighted by Gasteiger charge is -2.16. The Morgan fingerprint density at radius 2 is 2.00 bits per heavy atom. The van der Waals surface area contributed by atoms with Crippen molar-refractivity contribution in [3.8, 4) is 0 Å². The lowest BCUT2D eigenvalue weighted by atomic mass is 9.95. The number of nitrogens with zero attached hydrogens (tertiary/aromatic N) is 1. The number of benzene rings is 1. The molecule has 2 nitrogen and oxygen atoms in total. The number of aliphatic imine (C=N–C) groups is 1. The molecule has 0 atom stereocenters. The fraction of sp³-hybridized carbons (Fsp3) is 0.300. The van der Waals surface area contributed by atoms with Gasteiger partial charge in [-0.05, 0) is 25.5 Å². The maximum atomic E-state index is 10.1. The van der Waals surface area contributed by atoms with Crippen molar-refractivity contribution in [2.45, 2.75) is 19.4 Å². The van der Waals surface area contributed by atoms with E-state index in [-0.39, 0.29) is 0 Å². The van der Waals surface area contributed by atoms with Crippen LogP contribution in [0.4, 0.5) is 0 Å². The van der Waals surface area contributed by atoms with E-state index in [0.717, 1.165) is 5.56 Å². The van der Waals surface area contributed by atoms with Gasteiger partial charge in [0.1, 0.15) is 0 Å². The second-order valence-corrected chi connectivity index (χ2v) is 3.05. The molecule has 0 aliphatic heterocycles. The zero-order valence-electron chi connectivity index (χ0n) is 7.16. The highest BCUT2D eigenvalue weighted by atomic mass is 16.1. The van der Waals surface area contributed by atoms with Gasteiger partial charge < -0.3 is 0 Å². The minimum atomic E-state index is -0.475. The number of isocyanates is 1. The van der Waals surface area contributed by atoms with Gasteiger partial charge in [-0.3, -0.25) is 0 Å². The van der Waals surface area contributed by atoms with Gasteiger partial charge in [0.15, 0.2) is 0 Å². The van der Waals surface area contributed by atoms with E-state index >= 15 is 0 Å². The highest BCUT2D eigenvalue weighted by Crippen LogP contribution is 2.22. The highest BCUT2D eigenvalue weighted by molar-refractivity contribution is 5.37. The molecule has 61 valence electrons. The van der Waals surface area contributed by atoms with Gasteiger partial charge in [0.25, 0.3) is 0 Å². The zero-order chi connectivity index (χ0) is 9.03.